The van der Waals surface area contributed by atoms with E-state index in [1.165, 1.54) is 44.2 Å². The second kappa shape index (κ2) is 9.09. The molecule has 27 heavy (non-hydrogen) atoms. The first kappa shape index (κ1) is 20.2. The van der Waals surface area contributed by atoms with Gasteiger partial charge >= 0.3 is 0 Å². The fourth-order valence-electron chi connectivity index (χ4n) is 5.03. The van der Waals surface area contributed by atoms with Gasteiger partial charge in [0.05, 0.1) is 0 Å². The minimum Gasteiger partial charge on any atom is -0.386 e. The Morgan fingerprint density at radius 3 is 2.30 bits per heavy atom. The smallest absolute Gasteiger partial charge is 0.123 e. The lowest BCUT2D eigenvalue weighted by Crippen LogP contribution is -2.47. The molecular formula is C23H36FN3. The number of hydrogen-bond acceptors (Lipinski definition) is 3. The minimum atomic E-state index is -0.162. The van der Waals surface area contributed by atoms with Gasteiger partial charge in [0.2, 0.25) is 0 Å². The van der Waals surface area contributed by atoms with Crippen molar-refractivity contribution >= 4 is 5.69 Å². The summed E-state index contributed by atoms with van der Waals surface area (Å²) in [7, 11) is 0. The lowest BCUT2D eigenvalue weighted by Gasteiger charge is -2.36. The van der Waals surface area contributed by atoms with Crippen LogP contribution in [0.3, 0.4) is 0 Å². The Morgan fingerprint density at radius 2 is 1.70 bits per heavy atom. The molecule has 0 saturated carbocycles. The summed E-state index contributed by atoms with van der Waals surface area (Å²) in [5, 5.41) is 3.73. The number of nitrogens with zero attached hydrogens (tertiary/aromatic N) is 2. The van der Waals surface area contributed by atoms with Gasteiger partial charge in [0, 0.05) is 55.6 Å². The standard InChI is InChI=1S/C23H36FN3/c1-4-11-23(12-5-2)18-21(25-19(23)3)10-13-26-14-16-27(17-15-26)22-8-6-20(24)7-9-22/h6-9,21,25H,3-5,10-18H2,1-2H3. The van der Waals surface area contributed by atoms with Crippen molar-refractivity contribution in [2.24, 2.45) is 5.41 Å². The molecule has 2 heterocycles. The lowest BCUT2D eigenvalue weighted by atomic mass is 9.75. The van der Waals surface area contributed by atoms with E-state index in [1.807, 2.05) is 12.1 Å². The van der Waals surface area contributed by atoms with E-state index in [2.05, 4.69) is 35.5 Å². The van der Waals surface area contributed by atoms with Crippen LogP contribution in [0.5, 0.6) is 0 Å². The van der Waals surface area contributed by atoms with Gasteiger partial charge in [-0.3, -0.25) is 4.90 Å². The van der Waals surface area contributed by atoms with Gasteiger partial charge in [0.15, 0.2) is 0 Å². The van der Waals surface area contributed by atoms with Gasteiger partial charge in [-0.15, -0.1) is 0 Å². The molecule has 1 N–H and O–H groups in total. The minimum absolute atomic E-state index is 0.162. The van der Waals surface area contributed by atoms with Crippen molar-refractivity contribution < 1.29 is 4.39 Å². The maximum Gasteiger partial charge on any atom is 0.123 e. The Kier molecular flexibility index (Phi) is 6.80. The highest BCUT2D eigenvalue weighted by molar-refractivity contribution is 5.46. The van der Waals surface area contributed by atoms with Crippen molar-refractivity contribution in [3.63, 3.8) is 0 Å². The molecule has 0 bridgehead atoms. The first-order chi connectivity index (χ1) is 13.1. The maximum atomic E-state index is 13.1. The molecule has 1 aromatic rings. The summed E-state index contributed by atoms with van der Waals surface area (Å²) in [5.74, 6) is -0.162. The first-order valence-corrected chi connectivity index (χ1v) is 10.7. The van der Waals surface area contributed by atoms with Crippen molar-refractivity contribution in [3.8, 4) is 0 Å². The van der Waals surface area contributed by atoms with Crippen LogP contribution in [0.4, 0.5) is 10.1 Å². The molecule has 1 unspecified atom stereocenters. The number of halogens is 1. The van der Waals surface area contributed by atoms with Crippen LogP contribution in [0.25, 0.3) is 0 Å². The van der Waals surface area contributed by atoms with Gasteiger partial charge in [-0.2, -0.15) is 0 Å². The first-order valence-electron chi connectivity index (χ1n) is 10.7. The summed E-state index contributed by atoms with van der Waals surface area (Å²) in [6.07, 6.45) is 7.45. The van der Waals surface area contributed by atoms with E-state index in [-0.39, 0.29) is 5.82 Å². The van der Waals surface area contributed by atoms with Crippen molar-refractivity contribution in [2.75, 3.05) is 37.6 Å². The van der Waals surface area contributed by atoms with Gasteiger partial charge < -0.3 is 10.2 Å². The predicted molar refractivity (Wildman–Crippen MR) is 113 cm³/mol. The third-order valence-electron chi connectivity index (χ3n) is 6.47. The summed E-state index contributed by atoms with van der Waals surface area (Å²) in [4.78, 5) is 4.93. The largest absolute Gasteiger partial charge is 0.386 e. The average molecular weight is 374 g/mol. The van der Waals surface area contributed by atoms with E-state index in [4.69, 9.17) is 0 Å². The zero-order valence-corrected chi connectivity index (χ0v) is 17.1. The molecule has 0 aromatic heterocycles. The number of allylic oxidation sites excluding steroid dienone is 1. The molecule has 3 rings (SSSR count). The van der Waals surface area contributed by atoms with E-state index < -0.39 is 0 Å². The van der Waals surface area contributed by atoms with E-state index in [0.717, 1.165) is 38.4 Å². The zero-order valence-electron chi connectivity index (χ0n) is 17.1. The molecule has 150 valence electrons. The molecule has 1 aromatic carbocycles. The third-order valence-corrected chi connectivity index (χ3v) is 6.47. The summed E-state index contributed by atoms with van der Waals surface area (Å²) < 4.78 is 13.1. The molecule has 1 atom stereocenters. The fourth-order valence-corrected chi connectivity index (χ4v) is 5.03. The van der Waals surface area contributed by atoms with Gasteiger partial charge in [0.1, 0.15) is 5.82 Å². The van der Waals surface area contributed by atoms with Crippen LogP contribution < -0.4 is 10.2 Å². The number of rotatable bonds is 8. The molecule has 4 heteroatoms. The Bertz CT molecular complexity index is 599. The summed E-state index contributed by atoms with van der Waals surface area (Å²) in [6.45, 7) is 14.3. The Balaban J connectivity index is 1.45. The molecular weight excluding hydrogens is 337 g/mol. The SMILES string of the molecule is C=C1NC(CCN2CCN(c3ccc(F)cc3)CC2)CC1(CCC)CCC. The van der Waals surface area contributed by atoms with Gasteiger partial charge in [-0.1, -0.05) is 33.3 Å². The third kappa shape index (κ3) is 4.84. The highest BCUT2D eigenvalue weighted by Crippen LogP contribution is 2.45. The average Bonchev–Trinajstić information content (AvgIpc) is 2.97. The van der Waals surface area contributed by atoms with Crippen LogP contribution >= 0.6 is 0 Å². The van der Waals surface area contributed by atoms with Crippen molar-refractivity contribution in [1.82, 2.24) is 10.2 Å². The molecule has 0 spiro atoms. The van der Waals surface area contributed by atoms with Crippen molar-refractivity contribution in [2.45, 2.75) is 58.4 Å². The van der Waals surface area contributed by atoms with Crippen LogP contribution in [0.2, 0.25) is 0 Å². The predicted octanol–water partition coefficient (Wildman–Crippen LogP) is 4.80. The summed E-state index contributed by atoms with van der Waals surface area (Å²) in [5.41, 5.74) is 2.75. The van der Waals surface area contributed by atoms with Crippen LogP contribution in [0.15, 0.2) is 36.5 Å². The molecule has 2 aliphatic heterocycles. The normalized spacial score (nSPS) is 22.9. The maximum absolute atomic E-state index is 13.1. The molecule has 0 amide bonds. The lowest BCUT2D eigenvalue weighted by molar-refractivity contribution is 0.237. The quantitative estimate of drug-likeness (QED) is 0.706. The monoisotopic (exact) mass is 373 g/mol. The molecule has 2 saturated heterocycles. The van der Waals surface area contributed by atoms with Crippen LogP contribution in [0, 0.1) is 11.2 Å². The van der Waals surface area contributed by atoms with E-state index in [9.17, 15) is 4.39 Å². The highest BCUT2D eigenvalue weighted by atomic mass is 19.1. The number of anilines is 1. The van der Waals surface area contributed by atoms with Gasteiger partial charge in [-0.25, -0.2) is 4.39 Å². The highest BCUT2D eigenvalue weighted by Gasteiger charge is 2.40. The number of benzene rings is 1. The Labute approximate surface area is 164 Å². The second-order valence-corrected chi connectivity index (χ2v) is 8.40. The van der Waals surface area contributed by atoms with Crippen molar-refractivity contribution in [1.29, 1.82) is 0 Å². The molecule has 3 nitrogen and oxygen atoms in total. The molecule has 0 aliphatic carbocycles. The van der Waals surface area contributed by atoms with Gasteiger partial charge in [0.25, 0.3) is 0 Å². The van der Waals surface area contributed by atoms with Crippen molar-refractivity contribution in [3.05, 3.63) is 42.4 Å². The summed E-state index contributed by atoms with van der Waals surface area (Å²) >= 11 is 0. The Morgan fingerprint density at radius 1 is 1.07 bits per heavy atom. The molecule has 0 radical (unpaired) electrons. The van der Waals surface area contributed by atoms with E-state index >= 15 is 0 Å². The van der Waals surface area contributed by atoms with Crippen LogP contribution in [-0.4, -0.2) is 43.7 Å². The Hall–Kier alpha value is -1.55. The molecule has 2 fully saturated rings. The number of piperazine rings is 1. The van der Waals surface area contributed by atoms with E-state index in [1.54, 1.807) is 12.1 Å². The zero-order chi connectivity index (χ0) is 19.3. The van der Waals surface area contributed by atoms with Gasteiger partial charge in [-0.05, 0) is 49.9 Å². The molecule has 2 aliphatic rings. The number of nitrogens with one attached hydrogen (secondary N) is 1. The van der Waals surface area contributed by atoms with Crippen LogP contribution in [-0.2, 0) is 0 Å². The second-order valence-electron chi connectivity index (χ2n) is 8.40. The fraction of sp³-hybridized carbons (Fsp3) is 0.652. The topological polar surface area (TPSA) is 18.5 Å². The summed E-state index contributed by atoms with van der Waals surface area (Å²) in [6, 6.07) is 7.46. The van der Waals surface area contributed by atoms with E-state index in [0.29, 0.717) is 11.5 Å². The number of hydrogen-bond donors (Lipinski definition) is 1. The van der Waals surface area contributed by atoms with Crippen LogP contribution in [0.1, 0.15) is 52.4 Å².